The first kappa shape index (κ1) is 36.0. The van der Waals surface area contributed by atoms with Crippen molar-refractivity contribution in [3.8, 4) is 23.0 Å². The number of methoxy groups -OCH3 is 2. The molecular formula is C43H45N3O7. The summed E-state index contributed by atoms with van der Waals surface area (Å²) in [5.74, 6) is 2.93. The number of fused-ring (bicyclic) bond motifs is 1. The van der Waals surface area contributed by atoms with Crippen LogP contribution >= 0.6 is 0 Å². The lowest BCUT2D eigenvalue weighted by Crippen LogP contribution is -2.41. The molecule has 5 aromatic carbocycles. The number of carbonyl (C=O) groups is 1. The van der Waals surface area contributed by atoms with Gasteiger partial charge in [0.25, 0.3) is 0 Å². The number of hydrogen-bond acceptors (Lipinski definition) is 8. The molecule has 1 saturated heterocycles. The largest absolute Gasteiger partial charge is 0.493 e. The molecule has 274 valence electrons. The van der Waals surface area contributed by atoms with E-state index in [2.05, 4.69) is 27.7 Å². The van der Waals surface area contributed by atoms with Crippen LogP contribution in [-0.4, -0.2) is 49.5 Å². The molecule has 1 fully saturated rings. The Morgan fingerprint density at radius 2 is 1.45 bits per heavy atom. The van der Waals surface area contributed by atoms with Crippen LogP contribution in [0.2, 0.25) is 0 Å². The standard InChI is InChI=1S/C43H45N3O7/c1-49-40-22-33-20-21-46(26-34(33)23-41(40)50-2)27-38-24-39(31-12-10-30(28-47)11-13-31)53-42(52-38)32-14-8-29(9-15-32)25-44-43(48)45-35-16-18-37(19-17-35)51-36-6-4-3-5-7-36/h3-19,22-23,38-39,42,47H,20-21,24-28H2,1-2H3,(H2,44,45,48)/t38-,39+,42+/m0/s1. The van der Waals surface area contributed by atoms with Gasteiger partial charge in [-0.15, -0.1) is 0 Å². The van der Waals surface area contributed by atoms with E-state index in [1.165, 1.54) is 11.1 Å². The van der Waals surface area contributed by atoms with E-state index in [1.54, 1.807) is 26.4 Å². The summed E-state index contributed by atoms with van der Waals surface area (Å²) in [4.78, 5) is 15.1. The highest BCUT2D eigenvalue weighted by Crippen LogP contribution is 2.39. The molecule has 0 unspecified atom stereocenters. The van der Waals surface area contributed by atoms with Gasteiger partial charge in [0.1, 0.15) is 11.5 Å². The highest BCUT2D eigenvalue weighted by atomic mass is 16.7. The number of amides is 2. The summed E-state index contributed by atoms with van der Waals surface area (Å²) in [6.45, 7) is 2.79. The molecule has 0 aliphatic carbocycles. The molecule has 10 nitrogen and oxygen atoms in total. The summed E-state index contributed by atoms with van der Waals surface area (Å²) < 4.78 is 30.2. The highest BCUT2D eigenvalue weighted by molar-refractivity contribution is 5.89. The molecule has 3 N–H and O–H groups in total. The highest BCUT2D eigenvalue weighted by Gasteiger charge is 2.34. The molecule has 0 radical (unpaired) electrons. The quantitative estimate of drug-likeness (QED) is 0.120. The van der Waals surface area contributed by atoms with Crippen molar-refractivity contribution in [3.63, 3.8) is 0 Å². The Morgan fingerprint density at radius 1 is 0.792 bits per heavy atom. The minimum atomic E-state index is -0.572. The fourth-order valence-electron chi connectivity index (χ4n) is 6.80. The van der Waals surface area contributed by atoms with Gasteiger partial charge in [-0.25, -0.2) is 4.79 Å². The van der Waals surface area contributed by atoms with E-state index in [0.717, 1.165) is 65.6 Å². The number of nitrogens with zero attached hydrogens (tertiary/aromatic N) is 1. The van der Waals surface area contributed by atoms with Gasteiger partial charge >= 0.3 is 6.03 Å². The molecule has 2 aliphatic rings. The van der Waals surface area contributed by atoms with E-state index in [0.29, 0.717) is 24.4 Å². The SMILES string of the molecule is COc1cc2c(cc1OC)CN(C[C@@H]1C[C@H](c3ccc(CO)cc3)O[C@H](c3ccc(CNC(=O)Nc4ccc(Oc5ccccc5)cc4)cc3)O1)CC2. The molecule has 5 aromatic rings. The first-order valence-electron chi connectivity index (χ1n) is 17.9. The zero-order chi connectivity index (χ0) is 36.6. The third-order valence-corrected chi connectivity index (χ3v) is 9.67. The van der Waals surface area contributed by atoms with Gasteiger partial charge in [0.2, 0.25) is 0 Å². The van der Waals surface area contributed by atoms with Crippen molar-refractivity contribution < 1.29 is 33.6 Å². The number of carbonyl (C=O) groups excluding carboxylic acids is 1. The predicted octanol–water partition coefficient (Wildman–Crippen LogP) is 7.91. The summed E-state index contributed by atoms with van der Waals surface area (Å²) in [5.41, 5.74) is 6.92. The van der Waals surface area contributed by atoms with Crippen LogP contribution in [-0.2, 0) is 35.6 Å². The average Bonchev–Trinajstić information content (AvgIpc) is 3.20. The molecule has 2 heterocycles. The lowest BCUT2D eigenvalue weighted by molar-refractivity contribution is -0.253. The summed E-state index contributed by atoms with van der Waals surface area (Å²) in [7, 11) is 3.33. The number of urea groups is 1. The first-order valence-corrected chi connectivity index (χ1v) is 17.9. The molecule has 2 aliphatic heterocycles. The van der Waals surface area contributed by atoms with E-state index in [1.807, 2.05) is 91.0 Å². The van der Waals surface area contributed by atoms with Crippen molar-refractivity contribution in [1.29, 1.82) is 0 Å². The van der Waals surface area contributed by atoms with Crippen molar-refractivity contribution >= 4 is 11.7 Å². The van der Waals surface area contributed by atoms with Gasteiger partial charge in [-0.3, -0.25) is 4.90 Å². The number of rotatable bonds is 12. The maximum absolute atomic E-state index is 12.7. The number of ether oxygens (including phenoxy) is 5. The van der Waals surface area contributed by atoms with Crippen molar-refractivity contribution in [2.45, 2.75) is 51.0 Å². The molecule has 0 saturated carbocycles. The fraction of sp³-hybridized carbons (Fsp3) is 0.279. The Labute approximate surface area is 310 Å². The van der Waals surface area contributed by atoms with Crippen molar-refractivity contribution in [2.75, 3.05) is 32.6 Å². The Hall–Kier alpha value is -5.39. The van der Waals surface area contributed by atoms with Crippen LogP contribution in [0.25, 0.3) is 0 Å². The topological polar surface area (TPSA) is 111 Å². The van der Waals surface area contributed by atoms with Crippen LogP contribution in [0.5, 0.6) is 23.0 Å². The van der Waals surface area contributed by atoms with Gasteiger partial charge in [-0.2, -0.15) is 0 Å². The van der Waals surface area contributed by atoms with Crippen molar-refractivity contribution in [1.82, 2.24) is 10.2 Å². The number of aliphatic hydroxyl groups is 1. The lowest BCUT2D eigenvalue weighted by atomic mass is 9.97. The molecule has 53 heavy (non-hydrogen) atoms. The van der Waals surface area contributed by atoms with E-state index >= 15 is 0 Å². The number of aliphatic hydroxyl groups excluding tert-OH is 1. The Bertz CT molecular complexity index is 1950. The van der Waals surface area contributed by atoms with E-state index in [-0.39, 0.29) is 24.8 Å². The van der Waals surface area contributed by atoms with Crippen LogP contribution in [0.1, 0.15) is 52.2 Å². The molecular weight excluding hydrogens is 670 g/mol. The Kier molecular flexibility index (Phi) is 11.5. The monoisotopic (exact) mass is 715 g/mol. The average molecular weight is 716 g/mol. The summed E-state index contributed by atoms with van der Waals surface area (Å²) in [5, 5.41) is 15.4. The van der Waals surface area contributed by atoms with Crippen LogP contribution in [0, 0.1) is 0 Å². The minimum absolute atomic E-state index is 0.00611. The van der Waals surface area contributed by atoms with E-state index in [4.69, 9.17) is 23.7 Å². The zero-order valence-electron chi connectivity index (χ0n) is 30.0. The second-order valence-electron chi connectivity index (χ2n) is 13.3. The Balaban J connectivity index is 0.976. The molecule has 2 amide bonds. The van der Waals surface area contributed by atoms with Crippen molar-refractivity contribution in [2.24, 2.45) is 0 Å². The number of para-hydroxylation sites is 1. The second-order valence-corrected chi connectivity index (χ2v) is 13.3. The third kappa shape index (κ3) is 9.16. The molecule has 0 aromatic heterocycles. The number of hydrogen-bond donors (Lipinski definition) is 3. The Morgan fingerprint density at radius 3 is 2.15 bits per heavy atom. The van der Waals surface area contributed by atoms with Crippen LogP contribution in [0.4, 0.5) is 10.5 Å². The normalized spacial score (nSPS) is 18.4. The van der Waals surface area contributed by atoms with Gasteiger partial charge in [0.05, 0.1) is 33.0 Å². The molecule has 10 heteroatoms. The second kappa shape index (κ2) is 17.0. The van der Waals surface area contributed by atoms with Crippen LogP contribution in [0.3, 0.4) is 0 Å². The van der Waals surface area contributed by atoms with Gasteiger partial charge < -0.3 is 39.4 Å². The molecule has 0 spiro atoms. The smallest absolute Gasteiger partial charge is 0.319 e. The minimum Gasteiger partial charge on any atom is -0.493 e. The van der Waals surface area contributed by atoms with Gasteiger partial charge in [0.15, 0.2) is 17.8 Å². The number of benzene rings is 5. The maximum Gasteiger partial charge on any atom is 0.319 e. The zero-order valence-corrected chi connectivity index (χ0v) is 30.0. The maximum atomic E-state index is 12.7. The lowest BCUT2D eigenvalue weighted by Gasteiger charge is -2.39. The molecule has 7 rings (SSSR count). The van der Waals surface area contributed by atoms with Crippen LogP contribution in [0.15, 0.2) is 115 Å². The van der Waals surface area contributed by atoms with Crippen LogP contribution < -0.4 is 24.8 Å². The van der Waals surface area contributed by atoms with E-state index < -0.39 is 6.29 Å². The molecule has 3 atom stereocenters. The van der Waals surface area contributed by atoms with Gasteiger partial charge in [0, 0.05) is 43.9 Å². The predicted molar refractivity (Wildman–Crippen MR) is 202 cm³/mol. The third-order valence-electron chi connectivity index (χ3n) is 9.67. The first-order chi connectivity index (χ1) is 26.0. The fourth-order valence-corrected chi connectivity index (χ4v) is 6.80. The van der Waals surface area contributed by atoms with Gasteiger partial charge in [-0.1, -0.05) is 66.7 Å². The van der Waals surface area contributed by atoms with Gasteiger partial charge in [-0.05, 0) is 82.8 Å². The number of anilines is 1. The summed E-state index contributed by atoms with van der Waals surface area (Å²) in [6, 6.07) is 36.5. The van der Waals surface area contributed by atoms with E-state index in [9.17, 15) is 9.90 Å². The molecule has 0 bridgehead atoms. The summed E-state index contributed by atoms with van der Waals surface area (Å²) in [6.07, 6.45) is 0.776. The number of nitrogens with one attached hydrogen (secondary N) is 2. The summed E-state index contributed by atoms with van der Waals surface area (Å²) >= 11 is 0. The van der Waals surface area contributed by atoms with Crippen molar-refractivity contribution in [3.05, 3.63) is 149 Å².